The van der Waals surface area contributed by atoms with E-state index in [9.17, 15) is 63.3 Å². The number of esters is 2. The molecule has 24 nitrogen and oxygen atoms in total. The molecule has 384 valence electrons. The van der Waals surface area contributed by atoms with Crippen LogP contribution < -0.4 is 21.3 Å². The number of ether oxygens (including phenoxy) is 4. The summed E-state index contributed by atoms with van der Waals surface area (Å²) in [6.07, 6.45) is -1.23. The van der Waals surface area contributed by atoms with Crippen LogP contribution in [0.5, 0.6) is 0 Å². The Morgan fingerprint density at radius 1 is 0.559 bits per heavy atom. The first-order valence-corrected chi connectivity index (χ1v) is 22.3. The van der Waals surface area contributed by atoms with Crippen LogP contribution in [0.2, 0.25) is 0 Å². The Balaban J connectivity index is 0.000000680. The first kappa shape index (κ1) is 60.0. The molecule has 10 N–H and O–H groups in total. The number of carboxylic acid groups (broad SMARTS) is 4. The van der Waals surface area contributed by atoms with Gasteiger partial charge in [-0.05, 0) is 51.7 Å². The maximum absolute atomic E-state index is 12.9. The lowest BCUT2D eigenvalue weighted by molar-refractivity contribution is -0.167. The molecule has 0 saturated carbocycles. The summed E-state index contributed by atoms with van der Waals surface area (Å²) in [4.78, 5) is 119. The molecule has 0 aromatic rings. The van der Waals surface area contributed by atoms with E-state index in [4.69, 9.17) is 34.3 Å². The molecule has 0 bridgehead atoms. The van der Waals surface area contributed by atoms with E-state index in [0.717, 1.165) is 0 Å². The fourth-order valence-corrected chi connectivity index (χ4v) is 7.46. The Morgan fingerprint density at radius 2 is 0.912 bits per heavy atom. The molecule has 0 spiro atoms. The number of hydrogen-bond donors (Lipinski definition) is 10. The van der Waals surface area contributed by atoms with Crippen molar-refractivity contribution in [3.63, 3.8) is 0 Å². The van der Waals surface area contributed by atoms with Crippen LogP contribution in [-0.2, 0) is 66.9 Å². The second-order valence-corrected chi connectivity index (χ2v) is 16.3. The number of carboxylic acids is 4. The number of rotatable bonds is 26. The molecular formula is C44H68N4O20. The van der Waals surface area contributed by atoms with Gasteiger partial charge in [0, 0.05) is 37.8 Å². The Bertz CT molecular complexity index is 1860. The van der Waals surface area contributed by atoms with Gasteiger partial charge in [0.1, 0.15) is 0 Å². The van der Waals surface area contributed by atoms with Crippen LogP contribution >= 0.6 is 0 Å². The van der Waals surface area contributed by atoms with Crippen molar-refractivity contribution >= 4 is 59.4 Å². The minimum Gasteiger partial charge on any atom is -0.481 e. The molecule has 0 fully saturated rings. The van der Waals surface area contributed by atoms with E-state index in [1.165, 1.54) is 26.0 Å². The third-order valence-corrected chi connectivity index (χ3v) is 10.8. The fourth-order valence-electron chi connectivity index (χ4n) is 7.46. The molecule has 2 aliphatic rings. The van der Waals surface area contributed by atoms with Gasteiger partial charge in [-0.3, -0.25) is 33.6 Å². The maximum atomic E-state index is 12.9. The van der Waals surface area contributed by atoms with Gasteiger partial charge in [-0.15, -0.1) is 0 Å². The molecule has 0 radical (unpaired) electrons. The SMILES string of the molecule is CCOC(=O)C1=C[C@@H](OC(CC)CC)[C@H](NC(C)=O)[C@@H](NC(=O)C(O)(CC(=O)O)CC(=O)O)C1.CCOC(=O)C1=C[C@@H](OC(CC)CC)[C@H](NC(C)=O)[C@@H](NC(=O)CC(O)(CC(=O)O)C(=O)O)C1. The smallest absolute Gasteiger partial charge is 0.336 e. The first-order chi connectivity index (χ1) is 31.7. The number of hydrogen-bond acceptors (Lipinski definition) is 16. The molecule has 68 heavy (non-hydrogen) atoms. The molecule has 4 amide bonds. The van der Waals surface area contributed by atoms with Crippen molar-refractivity contribution in [2.45, 2.75) is 179 Å². The van der Waals surface area contributed by atoms with Crippen molar-refractivity contribution in [2.75, 3.05) is 13.2 Å². The molecule has 1 unspecified atom stereocenters. The molecule has 24 heteroatoms. The molecule has 0 aromatic carbocycles. The van der Waals surface area contributed by atoms with Gasteiger partial charge in [0.15, 0.2) is 11.2 Å². The summed E-state index contributed by atoms with van der Waals surface area (Å²) in [6, 6.07) is -3.67. The van der Waals surface area contributed by atoms with Crippen LogP contribution in [0.25, 0.3) is 0 Å². The predicted octanol–water partition coefficient (Wildman–Crippen LogP) is 0.247. The summed E-state index contributed by atoms with van der Waals surface area (Å²) in [7, 11) is 0. The second-order valence-electron chi connectivity index (χ2n) is 16.3. The van der Waals surface area contributed by atoms with E-state index in [1.807, 2.05) is 27.7 Å². The topological polar surface area (TPSA) is 377 Å². The van der Waals surface area contributed by atoms with Crippen molar-refractivity contribution in [3.05, 3.63) is 23.3 Å². The van der Waals surface area contributed by atoms with E-state index in [0.29, 0.717) is 25.7 Å². The Hall–Kier alpha value is -5.98. The van der Waals surface area contributed by atoms with Gasteiger partial charge in [-0.2, -0.15) is 0 Å². The molecular weight excluding hydrogens is 904 g/mol. The minimum atomic E-state index is -2.83. The summed E-state index contributed by atoms with van der Waals surface area (Å²) in [5.74, 6) is -11.0. The van der Waals surface area contributed by atoms with Crippen molar-refractivity contribution in [2.24, 2.45) is 0 Å². The van der Waals surface area contributed by atoms with Crippen LogP contribution in [0.3, 0.4) is 0 Å². The Labute approximate surface area is 393 Å². The van der Waals surface area contributed by atoms with Gasteiger partial charge in [0.05, 0.1) is 87.5 Å². The maximum Gasteiger partial charge on any atom is 0.336 e. The van der Waals surface area contributed by atoms with Crippen molar-refractivity contribution in [1.29, 1.82) is 0 Å². The Morgan fingerprint density at radius 3 is 1.22 bits per heavy atom. The van der Waals surface area contributed by atoms with Crippen LogP contribution in [0, 0.1) is 0 Å². The predicted molar refractivity (Wildman–Crippen MR) is 235 cm³/mol. The number of carbonyl (C=O) groups is 10. The summed E-state index contributed by atoms with van der Waals surface area (Å²) in [6.45, 7) is 13.6. The highest BCUT2D eigenvalue weighted by atomic mass is 16.5. The van der Waals surface area contributed by atoms with Gasteiger partial charge >= 0.3 is 35.8 Å². The van der Waals surface area contributed by atoms with Crippen LogP contribution in [0.1, 0.15) is 120 Å². The molecule has 0 aliphatic heterocycles. The summed E-state index contributed by atoms with van der Waals surface area (Å²) >= 11 is 0. The number of aliphatic carboxylic acids is 4. The highest BCUT2D eigenvalue weighted by Crippen LogP contribution is 2.28. The molecule has 2 aliphatic carbocycles. The summed E-state index contributed by atoms with van der Waals surface area (Å²) < 4.78 is 22.3. The monoisotopic (exact) mass is 972 g/mol. The highest BCUT2D eigenvalue weighted by molar-refractivity contribution is 5.94. The average molecular weight is 973 g/mol. The molecule has 0 aromatic heterocycles. The first-order valence-electron chi connectivity index (χ1n) is 22.3. The third-order valence-electron chi connectivity index (χ3n) is 10.8. The van der Waals surface area contributed by atoms with E-state index >= 15 is 0 Å². The summed E-state index contributed by atoms with van der Waals surface area (Å²) in [5.41, 5.74) is -5.23. The molecule has 0 heterocycles. The van der Waals surface area contributed by atoms with Crippen molar-refractivity contribution in [1.82, 2.24) is 21.3 Å². The standard InChI is InChI=1S/2C22H34N2O10/c1-5-14(6-2)34-16-9-13(20(30)33-7-3)8-15(19(16)23-12(4)25)24-21(31)22(32,10-17(26)27)11-18(28)29;1-5-14(6-2)34-16-9-13(20(29)33-7-3)8-15(19(16)23-12(4)25)24-17(26)10-22(32,21(30)31)11-18(27)28/h9,14-16,19,32H,5-8,10-11H2,1-4H3,(H,23,25)(H,24,31)(H,26,27)(H,28,29);9,14-16,19,32H,5-8,10-11H2,1-4H3,(H,23,25)(H,24,26)(H,27,28)(H,30,31)/t15-,16+,19+;15-,16+,19+,22?/m00/s1. The molecule has 7 atom stereocenters. The lowest BCUT2D eigenvalue weighted by Gasteiger charge is -2.39. The second kappa shape index (κ2) is 28.4. The largest absolute Gasteiger partial charge is 0.481 e. The van der Waals surface area contributed by atoms with Gasteiger partial charge < -0.3 is 70.9 Å². The zero-order chi connectivity index (χ0) is 52.1. The van der Waals surface area contributed by atoms with Gasteiger partial charge in [-0.25, -0.2) is 14.4 Å². The van der Waals surface area contributed by atoms with Gasteiger partial charge in [0.2, 0.25) is 17.7 Å². The number of aliphatic hydroxyl groups is 2. The van der Waals surface area contributed by atoms with E-state index in [-0.39, 0.29) is 49.4 Å². The number of amides is 4. The lowest BCUT2D eigenvalue weighted by atomic mass is 9.86. The van der Waals surface area contributed by atoms with Crippen LogP contribution in [0.15, 0.2) is 23.3 Å². The van der Waals surface area contributed by atoms with Crippen molar-refractivity contribution < 1.29 is 97.5 Å². The zero-order valence-electron chi connectivity index (χ0n) is 39.7. The van der Waals surface area contributed by atoms with Gasteiger partial charge in [0.25, 0.3) is 5.91 Å². The zero-order valence-corrected chi connectivity index (χ0v) is 39.7. The lowest BCUT2D eigenvalue weighted by Crippen LogP contribution is -2.62. The minimum absolute atomic E-state index is 0.0667. The molecule has 0 saturated heterocycles. The average Bonchev–Trinajstić information content (AvgIpc) is 3.22. The Kier molecular flexibility index (Phi) is 25.0. The van der Waals surface area contributed by atoms with Crippen LogP contribution in [-0.4, -0.2) is 163 Å². The van der Waals surface area contributed by atoms with E-state index in [1.54, 1.807) is 13.8 Å². The number of nitrogens with one attached hydrogen (secondary N) is 4. The van der Waals surface area contributed by atoms with Gasteiger partial charge in [-0.1, -0.05) is 27.7 Å². The normalized spacial score (nSPS) is 21.0. The highest BCUT2D eigenvalue weighted by Gasteiger charge is 2.46. The van der Waals surface area contributed by atoms with Crippen LogP contribution in [0.4, 0.5) is 0 Å². The van der Waals surface area contributed by atoms with E-state index < -0.39 is 133 Å². The molecule has 2 rings (SSSR count). The van der Waals surface area contributed by atoms with Crippen molar-refractivity contribution in [3.8, 4) is 0 Å². The summed E-state index contributed by atoms with van der Waals surface area (Å²) in [5, 5.41) is 67.4. The third kappa shape index (κ3) is 19.3. The van der Waals surface area contributed by atoms with E-state index in [2.05, 4.69) is 21.3 Å². The number of carbonyl (C=O) groups excluding carboxylic acids is 6. The quantitative estimate of drug-likeness (QED) is 0.0519. The fraction of sp³-hybridized carbons (Fsp3) is 0.682.